The number of benzene rings is 3. The van der Waals surface area contributed by atoms with Crippen molar-refractivity contribution in [1.82, 2.24) is 5.32 Å². The molecule has 1 amide bonds. The molecular formula is C27H32N2O4S. The first kappa shape index (κ1) is 25.3. The number of nitrogens with one attached hydrogen (secondary N) is 1. The van der Waals surface area contributed by atoms with E-state index in [4.69, 9.17) is 4.74 Å². The third-order valence-electron chi connectivity index (χ3n) is 5.32. The van der Waals surface area contributed by atoms with Crippen molar-refractivity contribution >= 4 is 21.6 Å². The van der Waals surface area contributed by atoms with Crippen molar-refractivity contribution in [3.8, 4) is 5.75 Å². The zero-order valence-electron chi connectivity index (χ0n) is 20.1. The number of carbonyl (C=O) groups is 1. The summed E-state index contributed by atoms with van der Waals surface area (Å²) in [5.74, 6) is 0.308. The summed E-state index contributed by atoms with van der Waals surface area (Å²) >= 11 is 0. The molecule has 0 heterocycles. The second kappa shape index (κ2) is 10.7. The van der Waals surface area contributed by atoms with Gasteiger partial charge in [0.05, 0.1) is 17.1 Å². The van der Waals surface area contributed by atoms with Crippen molar-refractivity contribution in [2.75, 3.05) is 24.0 Å². The van der Waals surface area contributed by atoms with E-state index < -0.39 is 15.9 Å². The van der Waals surface area contributed by atoms with Crippen LogP contribution in [0.4, 0.5) is 5.69 Å². The number of amides is 1. The normalized spacial score (nSPS) is 11.6. The molecule has 0 spiro atoms. The van der Waals surface area contributed by atoms with E-state index in [1.807, 2.05) is 37.3 Å². The van der Waals surface area contributed by atoms with Gasteiger partial charge in [-0.05, 0) is 59.9 Å². The Morgan fingerprint density at radius 2 is 1.62 bits per heavy atom. The summed E-state index contributed by atoms with van der Waals surface area (Å²) in [6.45, 7) is 8.52. The largest absolute Gasteiger partial charge is 0.492 e. The van der Waals surface area contributed by atoms with Crippen LogP contribution in [-0.2, 0) is 20.2 Å². The smallest absolute Gasteiger partial charge is 0.264 e. The Hall–Kier alpha value is -3.32. The van der Waals surface area contributed by atoms with Gasteiger partial charge >= 0.3 is 0 Å². The number of hydrogen-bond acceptors (Lipinski definition) is 4. The molecule has 0 aromatic heterocycles. The Labute approximate surface area is 202 Å². The standard InChI is InChI=1S/C27H32N2O4S/c1-21-9-8-10-23(19-21)29(34(31,32)25-11-6-5-7-12-25)20-26(30)28-17-18-33-24-15-13-22(14-16-24)27(2,3)4/h5-16,19H,17-18,20H2,1-4H3,(H,28,30). The topological polar surface area (TPSA) is 75.7 Å². The van der Waals surface area contributed by atoms with Gasteiger partial charge in [-0.15, -0.1) is 0 Å². The molecule has 0 radical (unpaired) electrons. The van der Waals surface area contributed by atoms with Crippen LogP contribution >= 0.6 is 0 Å². The Morgan fingerprint density at radius 1 is 0.941 bits per heavy atom. The molecule has 3 rings (SSSR count). The molecule has 0 aliphatic heterocycles. The second-order valence-corrected chi connectivity index (χ2v) is 11.0. The van der Waals surface area contributed by atoms with Crippen LogP contribution in [0, 0.1) is 6.92 Å². The van der Waals surface area contributed by atoms with Crippen molar-refractivity contribution in [3.63, 3.8) is 0 Å². The number of hydrogen-bond donors (Lipinski definition) is 1. The molecule has 0 aliphatic rings. The molecule has 34 heavy (non-hydrogen) atoms. The molecule has 0 atom stereocenters. The molecule has 0 fully saturated rings. The monoisotopic (exact) mass is 480 g/mol. The van der Waals surface area contributed by atoms with Gasteiger partial charge in [0, 0.05) is 0 Å². The fraction of sp³-hybridized carbons (Fsp3) is 0.296. The van der Waals surface area contributed by atoms with Crippen molar-refractivity contribution < 1.29 is 17.9 Å². The molecule has 7 heteroatoms. The predicted molar refractivity (Wildman–Crippen MR) is 136 cm³/mol. The first-order valence-corrected chi connectivity index (χ1v) is 12.7. The van der Waals surface area contributed by atoms with Crippen LogP contribution in [0.3, 0.4) is 0 Å². The number of rotatable bonds is 9. The highest BCUT2D eigenvalue weighted by Crippen LogP contribution is 2.25. The van der Waals surface area contributed by atoms with Crippen molar-refractivity contribution in [3.05, 3.63) is 90.0 Å². The molecule has 0 saturated carbocycles. The number of anilines is 1. The number of aryl methyl sites for hydroxylation is 1. The van der Waals surface area contributed by atoms with E-state index in [-0.39, 0.29) is 30.0 Å². The summed E-state index contributed by atoms with van der Waals surface area (Å²) in [7, 11) is -3.91. The molecule has 0 aliphatic carbocycles. The van der Waals surface area contributed by atoms with Gasteiger partial charge < -0.3 is 10.1 Å². The van der Waals surface area contributed by atoms with Crippen molar-refractivity contribution in [2.24, 2.45) is 0 Å². The maximum absolute atomic E-state index is 13.3. The number of nitrogens with zero attached hydrogens (tertiary/aromatic N) is 1. The lowest BCUT2D eigenvalue weighted by molar-refractivity contribution is -0.119. The Kier molecular flexibility index (Phi) is 7.99. The van der Waals surface area contributed by atoms with E-state index in [0.717, 1.165) is 15.6 Å². The summed E-state index contributed by atoms with van der Waals surface area (Å²) < 4.78 is 33.5. The van der Waals surface area contributed by atoms with Crippen LogP contribution < -0.4 is 14.4 Å². The Balaban J connectivity index is 1.63. The van der Waals surface area contributed by atoms with Gasteiger partial charge in [0.1, 0.15) is 18.9 Å². The summed E-state index contributed by atoms with van der Waals surface area (Å²) in [5, 5.41) is 2.76. The second-order valence-electron chi connectivity index (χ2n) is 9.14. The minimum atomic E-state index is -3.91. The molecule has 0 saturated heterocycles. The fourth-order valence-corrected chi connectivity index (χ4v) is 4.85. The number of carbonyl (C=O) groups excluding carboxylic acids is 1. The van der Waals surface area contributed by atoms with Crippen LogP contribution in [0.1, 0.15) is 31.9 Å². The summed E-state index contributed by atoms with van der Waals surface area (Å²) in [6.07, 6.45) is 0. The van der Waals surface area contributed by atoms with E-state index in [1.165, 1.54) is 17.7 Å². The van der Waals surface area contributed by atoms with Crippen LogP contribution in [0.15, 0.2) is 83.8 Å². The predicted octanol–water partition coefficient (Wildman–Crippen LogP) is 4.68. The van der Waals surface area contributed by atoms with Crippen molar-refractivity contribution in [2.45, 2.75) is 38.0 Å². The molecule has 6 nitrogen and oxygen atoms in total. The minimum Gasteiger partial charge on any atom is -0.492 e. The molecule has 180 valence electrons. The zero-order chi connectivity index (χ0) is 24.8. The zero-order valence-corrected chi connectivity index (χ0v) is 20.9. The lowest BCUT2D eigenvalue weighted by Crippen LogP contribution is -2.42. The van der Waals surface area contributed by atoms with Crippen molar-refractivity contribution in [1.29, 1.82) is 0 Å². The minimum absolute atomic E-state index is 0.0652. The lowest BCUT2D eigenvalue weighted by atomic mass is 9.87. The Morgan fingerprint density at radius 3 is 2.24 bits per heavy atom. The first-order chi connectivity index (χ1) is 16.1. The maximum atomic E-state index is 13.3. The quantitative estimate of drug-likeness (QED) is 0.451. The molecule has 0 unspecified atom stereocenters. The summed E-state index contributed by atoms with van der Waals surface area (Å²) in [5.41, 5.74) is 2.62. The van der Waals surface area contributed by atoms with Gasteiger partial charge in [-0.2, -0.15) is 0 Å². The summed E-state index contributed by atoms with van der Waals surface area (Å²) in [6, 6.07) is 23.1. The molecule has 1 N–H and O–H groups in total. The van der Waals surface area contributed by atoms with E-state index in [2.05, 4.69) is 26.1 Å². The van der Waals surface area contributed by atoms with Crippen LogP contribution in [-0.4, -0.2) is 34.0 Å². The average Bonchev–Trinajstić information content (AvgIpc) is 2.80. The molecule has 3 aromatic carbocycles. The fourth-order valence-electron chi connectivity index (χ4n) is 3.41. The molecule has 0 bridgehead atoms. The molecule has 3 aromatic rings. The molecular weight excluding hydrogens is 448 g/mol. The van der Waals surface area contributed by atoms with Gasteiger partial charge in [0.2, 0.25) is 5.91 Å². The third-order valence-corrected chi connectivity index (χ3v) is 7.11. The van der Waals surface area contributed by atoms with Gasteiger partial charge in [-0.1, -0.05) is 63.2 Å². The highest BCUT2D eigenvalue weighted by molar-refractivity contribution is 7.92. The number of sulfonamides is 1. The number of ether oxygens (including phenoxy) is 1. The Bertz CT molecular complexity index is 1200. The average molecular weight is 481 g/mol. The van der Waals surface area contributed by atoms with Gasteiger partial charge in [0.25, 0.3) is 10.0 Å². The third kappa shape index (κ3) is 6.60. The summed E-state index contributed by atoms with van der Waals surface area (Å²) in [4.78, 5) is 12.8. The van der Waals surface area contributed by atoms with E-state index >= 15 is 0 Å². The SMILES string of the molecule is Cc1cccc(N(CC(=O)NCCOc2ccc(C(C)(C)C)cc2)S(=O)(=O)c2ccccc2)c1. The maximum Gasteiger partial charge on any atom is 0.264 e. The van der Waals surface area contributed by atoms with Crippen LogP contribution in [0.2, 0.25) is 0 Å². The first-order valence-electron chi connectivity index (χ1n) is 11.2. The van der Waals surface area contributed by atoms with Gasteiger partial charge in [0.15, 0.2) is 0 Å². The van der Waals surface area contributed by atoms with E-state index in [0.29, 0.717) is 5.69 Å². The van der Waals surface area contributed by atoms with E-state index in [9.17, 15) is 13.2 Å². The van der Waals surface area contributed by atoms with Gasteiger partial charge in [-0.25, -0.2) is 8.42 Å². The highest BCUT2D eigenvalue weighted by Gasteiger charge is 2.27. The van der Waals surface area contributed by atoms with Crippen LogP contribution in [0.5, 0.6) is 5.75 Å². The van der Waals surface area contributed by atoms with E-state index in [1.54, 1.807) is 36.4 Å². The van der Waals surface area contributed by atoms with Crippen LogP contribution in [0.25, 0.3) is 0 Å². The van der Waals surface area contributed by atoms with Gasteiger partial charge in [-0.3, -0.25) is 9.10 Å². The lowest BCUT2D eigenvalue weighted by Gasteiger charge is -2.24. The highest BCUT2D eigenvalue weighted by atomic mass is 32.2.